The summed E-state index contributed by atoms with van der Waals surface area (Å²) in [5, 5.41) is 2.95. The predicted octanol–water partition coefficient (Wildman–Crippen LogP) is 2.67. The fourth-order valence-electron chi connectivity index (χ4n) is 3.96. The topological polar surface area (TPSA) is 69.7 Å². The molecule has 1 aromatic rings. The van der Waals surface area contributed by atoms with Gasteiger partial charge in [0.1, 0.15) is 0 Å². The lowest BCUT2D eigenvalue weighted by Crippen LogP contribution is -2.52. The van der Waals surface area contributed by atoms with Crippen molar-refractivity contribution in [3.05, 3.63) is 30.3 Å². The Kier molecular flexibility index (Phi) is 5.58. The molecule has 2 fully saturated rings. The van der Waals surface area contributed by atoms with Gasteiger partial charge in [0.2, 0.25) is 10.0 Å². The van der Waals surface area contributed by atoms with Crippen molar-refractivity contribution in [2.75, 3.05) is 26.2 Å². The monoisotopic (exact) mass is 379 g/mol. The lowest BCUT2D eigenvalue weighted by Gasteiger charge is -2.46. The number of likely N-dealkylation sites (tertiary alicyclic amines) is 1. The zero-order valence-corrected chi connectivity index (χ0v) is 16.5. The van der Waals surface area contributed by atoms with Gasteiger partial charge in [-0.2, -0.15) is 4.31 Å². The van der Waals surface area contributed by atoms with Gasteiger partial charge in [0, 0.05) is 32.2 Å². The Morgan fingerprint density at radius 2 is 1.54 bits per heavy atom. The van der Waals surface area contributed by atoms with Crippen LogP contribution in [0.15, 0.2) is 35.2 Å². The van der Waals surface area contributed by atoms with Crippen LogP contribution in [0.25, 0.3) is 0 Å². The number of benzene rings is 1. The van der Waals surface area contributed by atoms with Crippen molar-refractivity contribution >= 4 is 16.1 Å². The number of amides is 2. The van der Waals surface area contributed by atoms with Crippen LogP contribution >= 0.6 is 0 Å². The van der Waals surface area contributed by atoms with Crippen molar-refractivity contribution < 1.29 is 13.2 Å². The summed E-state index contributed by atoms with van der Waals surface area (Å²) in [4.78, 5) is 14.4. The Balaban J connectivity index is 1.57. The number of carbonyl (C=O) groups is 1. The number of nitrogens with one attached hydrogen (secondary N) is 1. The number of piperidine rings is 2. The second-order valence-corrected chi connectivity index (χ2v) is 9.75. The van der Waals surface area contributed by atoms with Crippen LogP contribution in [-0.2, 0) is 10.0 Å². The first kappa shape index (κ1) is 19.2. The van der Waals surface area contributed by atoms with Crippen molar-refractivity contribution in [1.82, 2.24) is 14.5 Å². The molecule has 7 heteroatoms. The van der Waals surface area contributed by atoms with E-state index in [0.29, 0.717) is 18.0 Å². The Labute approximate surface area is 156 Å². The van der Waals surface area contributed by atoms with Gasteiger partial charge < -0.3 is 10.2 Å². The van der Waals surface area contributed by atoms with Gasteiger partial charge in [0.05, 0.1) is 4.90 Å². The standard InChI is InChI=1S/C19H29N3O3S/c1-16(2)20-18(23)21-12-8-19(9-13-21)10-14-22(15-11-19)26(24,25)17-6-4-3-5-7-17/h3-7,16H,8-15H2,1-2H3,(H,20,23). The van der Waals surface area contributed by atoms with Gasteiger partial charge in [-0.1, -0.05) is 18.2 Å². The number of hydrogen-bond acceptors (Lipinski definition) is 3. The highest BCUT2D eigenvalue weighted by Gasteiger charge is 2.41. The van der Waals surface area contributed by atoms with Gasteiger partial charge in [0.25, 0.3) is 0 Å². The van der Waals surface area contributed by atoms with Crippen molar-refractivity contribution in [3.8, 4) is 0 Å². The highest BCUT2D eigenvalue weighted by atomic mass is 32.2. The van der Waals surface area contributed by atoms with Crippen LogP contribution in [0.2, 0.25) is 0 Å². The lowest BCUT2D eigenvalue weighted by atomic mass is 9.71. The fraction of sp³-hybridized carbons (Fsp3) is 0.632. The molecule has 2 aliphatic rings. The van der Waals surface area contributed by atoms with Crippen LogP contribution in [0, 0.1) is 5.41 Å². The van der Waals surface area contributed by atoms with Gasteiger partial charge in [-0.25, -0.2) is 13.2 Å². The molecule has 2 saturated heterocycles. The molecular formula is C19H29N3O3S. The molecule has 2 amide bonds. The smallest absolute Gasteiger partial charge is 0.317 e. The first-order valence-corrected chi connectivity index (χ1v) is 10.9. The van der Waals surface area contributed by atoms with Crippen molar-refractivity contribution in [2.45, 2.75) is 50.5 Å². The van der Waals surface area contributed by atoms with Gasteiger partial charge in [-0.3, -0.25) is 0 Å². The van der Waals surface area contributed by atoms with Crippen molar-refractivity contribution in [2.24, 2.45) is 5.41 Å². The molecule has 3 rings (SSSR count). The quantitative estimate of drug-likeness (QED) is 0.878. The minimum absolute atomic E-state index is 0.0129. The van der Waals surface area contributed by atoms with E-state index in [-0.39, 0.29) is 17.5 Å². The van der Waals surface area contributed by atoms with E-state index in [9.17, 15) is 13.2 Å². The number of rotatable bonds is 3. The second kappa shape index (κ2) is 7.56. The van der Waals surface area contributed by atoms with Gasteiger partial charge in [0.15, 0.2) is 0 Å². The Morgan fingerprint density at radius 1 is 1.00 bits per heavy atom. The number of urea groups is 1. The first-order chi connectivity index (χ1) is 12.3. The van der Waals surface area contributed by atoms with Gasteiger partial charge in [-0.05, 0) is 57.1 Å². The van der Waals surface area contributed by atoms with Crippen LogP contribution in [0.3, 0.4) is 0 Å². The van der Waals surface area contributed by atoms with Crippen LogP contribution < -0.4 is 5.32 Å². The molecule has 1 spiro atoms. The Bertz CT molecular complexity index is 716. The highest BCUT2D eigenvalue weighted by molar-refractivity contribution is 7.89. The summed E-state index contributed by atoms with van der Waals surface area (Å²) in [7, 11) is -3.40. The molecule has 0 aliphatic carbocycles. The molecule has 2 heterocycles. The lowest BCUT2D eigenvalue weighted by molar-refractivity contribution is 0.0682. The number of carbonyl (C=O) groups excluding carboxylic acids is 1. The average molecular weight is 380 g/mol. The highest BCUT2D eigenvalue weighted by Crippen LogP contribution is 2.42. The summed E-state index contributed by atoms with van der Waals surface area (Å²) >= 11 is 0. The summed E-state index contributed by atoms with van der Waals surface area (Å²) < 4.78 is 27.2. The van der Waals surface area contributed by atoms with E-state index in [2.05, 4.69) is 5.32 Å². The first-order valence-electron chi connectivity index (χ1n) is 9.43. The third-order valence-corrected chi connectivity index (χ3v) is 7.60. The van der Waals surface area contributed by atoms with Crippen LogP contribution in [0.5, 0.6) is 0 Å². The van der Waals surface area contributed by atoms with Crippen LogP contribution in [0.4, 0.5) is 4.79 Å². The Hall–Kier alpha value is -1.60. The van der Waals surface area contributed by atoms with E-state index in [4.69, 9.17) is 0 Å². The molecule has 144 valence electrons. The van der Waals surface area contributed by atoms with E-state index in [1.54, 1.807) is 28.6 Å². The molecule has 1 aromatic carbocycles. The Morgan fingerprint density at radius 3 is 2.08 bits per heavy atom. The molecular weight excluding hydrogens is 350 g/mol. The molecule has 6 nitrogen and oxygen atoms in total. The second-order valence-electron chi connectivity index (χ2n) is 7.81. The van der Waals surface area contributed by atoms with Crippen LogP contribution in [0.1, 0.15) is 39.5 Å². The molecule has 0 saturated carbocycles. The third-order valence-electron chi connectivity index (χ3n) is 5.69. The van der Waals surface area contributed by atoms with E-state index < -0.39 is 10.0 Å². The minimum Gasteiger partial charge on any atom is -0.336 e. The van der Waals surface area contributed by atoms with Gasteiger partial charge >= 0.3 is 6.03 Å². The number of sulfonamides is 1. The van der Waals surface area contributed by atoms with E-state index in [1.807, 2.05) is 24.8 Å². The minimum atomic E-state index is -3.40. The maximum Gasteiger partial charge on any atom is 0.317 e. The normalized spacial score (nSPS) is 21.1. The molecule has 2 aliphatic heterocycles. The molecule has 0 atom stereocenters. The molecule has 26 heavy (non-hydrogen) atoms. The number of nitrogens with zero attached hydrogens (tertiary/aromatic N) is 2. The van der Waals surface area contributed by atoms with Crippen molar-refractivity contribution in [3.63, 3.8) is 0 Å². The molecule has 1 N–H and O–H groups in total. The fourth-order valence-corrected chi connectivity index (χ4v) is 5.43. The molecule has 0 bridgehead atoms. The largest absolute Gasteiger partial charge is 0.336 e. The van der Waals surface area contributed by atoms with Crippen molar-refractivity contribution in [1.29, 1.82) is 0 Å². The molecule has 0 radical (unpaired) electrons. The predicted molar refractivity (Wildman–Crippen MR) is 101 cm³/mol. The van der Waals surface area contributed by atoms with Crippen LogP contribution in [-0.4, -0.2) is 55.9 Å². The van der Waals surface area contributed by atoms with E-state index >= 15 is 0 Å². The molecule has 0 aromatic heterocycles. The van der Waals surface area contributed by atoms with E-state index in [0.717, 1.165) is 38.8 Å². The summed E-state index contributed by atoms with van der Waals surface area (Å²) in [5.74, 6) is 0. The number of hydrogen-bond donors (Lipinski definition) is 1. The average Bonchev–Trinajstić information content (AvgIpc) is 2.63. The summed E-state index contributed by atoms with van der Waals surface area (Å²) in [6.07, 6.45) is 3.66. The van der Waals surface area contributed by atoms with E-state index in [1.165, 1.54) is 0 Å². The molecule has 0 unspecified atom stereocenters. The van der Waals surface area contributed by atoms with Gasteiger partial charge in [-0.15, -0.1) is 0 Å². The third kappa shape index (κ3) is 4.04. The maximum atomic E-state index is 12.8. The zero-order chi connectivity index (χ0) is 18.8. The zero-order valence-electron chi connectivity index (χ0n) is 15.6. The summed E-state index contributed by atoms with van der Waals surface area (Å²) in [6, 6.07) is 8.82. The SMILES string of the molecule is CC(C)NC(=O)N1CCC2(CC1)CCN(S(=O)(=O)c1ccccc1)CC2. The maximum absolute atomic E-state index is 12.8. The summed E-state index contributed by atoms with van der Waals surface area (Å²) in [5.41, 5.74) is 0.178. The summed E-state index contributed by atoms with van der Waals surface area (Å²) in [6.45, 7) is 6.57.